The van der Waals surface area contributed by atoms with Gasteiger partial charge in [-0.25, -0.2) is 0 Å². The maximum Gasteiger partial charge on any atom is 0.0294 e. The molecule has 1 unspecified atom stereocenters. The first-order chi connectivity index (χ1) is 9.90. The predicted molar refractivity (Wildman–Crippen MR) is 94.1 cm³/mol. The molecule has 1 fully saturated rings. The van der Waals surface area contributed by atoms with Crippen LogP contribution in [0.2, 0.25) is 0 Å². The highest BCUT2D eigenvalue weighted by Crippen LogP contribution is 2.23. The summed E-state index contributed by atoms with van der Waals surface area (Å²) in [5.74, 6) is 0. The van der Waals surface area contributed by atoms with Crippen LogP contribution in [0.3, 0.4) is 0 Å². The van der Waals surface area contributed by atoms with Gasteiger partial charge in [0.2, 0.25) is 0 Å². The fourth-order valence-electron chi connectivity index (χ4n) is 3.06. The van der Waals surface area contributed by atoms with Gasteiger partial charge in [-0.05, 0) is 64.5 Å². The summed E-state index contributed by atoms with van der Waals surface area (Å²) in [6.07, 6.45) is 4.63. The van der Waals surface area contributed by atoms with Gasteiger partial charge in [-0.15, -0.1) is 11.8 Å². The minimum Gasteiger partial charge on any atom is -0.307 e. The standard InChI is InChI=1S/C18H30N2S/c1-14(15-6-8-17(21-5)9-7-15)19-16-10-12-20(13-11-16)18(2,3)4/h6-9,14,16,19H,10-13H2,1-5H3. The molecular weight excluding hydrogens is 276 g/mol. The van der Waals surface area contributed by atoms with Gasteiger partial charge in [0.25, 0.3) is 0 Å². The Balaban J connectivity index is 1.85. The topological polar surface area (TPSA) is 15.3 Å². The maximum atomic E-state index is 3.81. The minimum atomic E-state index is 0.310. The number of nitrogens with one attached hydrogen (secondary N) is 1. The van der Waals surface area contributed by atoms with Gasteiger partial charge >= 0.3 is 0 Å². The SMILES string of the molecule is CSc1ccc(C(C)NC2CCN(C(C)(C)C)CC2)cc1. The van der Waals surface area contributed by atoms with E-state index in [0.717, 1.165) is 0 Å². The number of piperidine rings is 1. The van der Waals surface area contributed by atoms with E-state index < -0.39 is 0 Å². The first-order valence-corrected chi connectivity index (χ1v) is 9.27. The van der Waals surface area contributed by atoms with E-state index in [1.54, 1.807) is 11.8 Å². The molecule has 1 heterocycles. The minimum absolute atomic E-state index is 0.310. The molecule has 0 aromatic heterocycles. The summed E-state index contributed by atoms with van der Waals surface area (Å²) >= 11 is 1.80. The molecule has 2 nitrogen and oxygen atoms in total. The van der Waals surface area contributed by atoms with E-state index in [1.807, 2.05) is 0 Å². The first kappa shape index (κ1) is 16.9. The van der Waals surface area contributed by atoms with Crippen LogP contribution in [0.15, 0.2) is 29.2 Å². The van der Waals surface area contributed by atoms with Gasteiger partial charge in [-0.2, -0.15) is 0 Å². The quantitative estimate of drug-likeness (QED) is 0.834. The van der Waals surface area contributed by atoms with Crippen molar-refractivity contribution in [1.82, 2.24) is 10.2 Å². The van der Waals surface area contributed by atoms with E-state index in [-0.39, 0.29) is 0 Å². The summed E-state index contributed by atoms with van der Waals surface area (Å²) in [6, 6.07) is 10.0. The highest BCUT2D eigenvalue weighted by Gasteiger charge is 2.27. The lowest BCUT2D eigenvalue weighted by molar-refractivity contribution is 0.0942. The summed E-state index contributed by atoms with van der Waals surface area (Å²) in [6.45, 7) is 11.6. The highest BCUT2D eigenvalue weighted by molar-refractivity contribution is 7.98. The molecule has 0 spiro atoms. The van der Waals surface area contributed by atoms with Crippen molar-refractivity contribution < 1.29 is 0 Å². The van der Waals surface area contributed by atoms with Crippen LogP contribution >= 0.6 is 11.8 Å². The zero-order valence-electron chi connectivity index (χ0n) is 14.1. The lowest BCUT2D eigenvalue weighted by atomic mass is 9.97. The van der Waals surface area contributed by atoms with Crippen molar-refractivity contribution in [1.29, 1.82) is 0 Å². The Labute approximate surface area is 134 Å². The molecule has 1 aliphatic rings. The number of hydrogen-bond acceptors (Lipinski definition) is 3. The molecular formula is C18H30N2S. The average Bonchev–Trinajstić information content (AvgIpc) is 2.47. The molecule has 0 bridgehead atoms. The molecule has 1 atom stereocenters. The second-order valence-electron chi connectivity index (χ2n) is 7.09. The normalized spacial score (nSPS) is 19.7. The third-order valence-corrected chi connectivity index (χ3v) is 5.29. The predicted octanol–water partition coefficient (Wildman–Crippen LogP) is 4.32. The lowest BCUT2D eigenvalue weighted by Crippen LogP contribution is -2.50. The van der Waals surface area contributed by atoms with Crippen LogP contribution in [-0.2, 0) is 0 Å². The maximum absolute atomic E-state index is 3.81. The third kappa shape index (κ3) is 4.73. The van der Waals surface area contributed by atoms with Crippen molar-refractivity contribution in [3.63, 3.8) is 0 Å². The van der Waals surface area contributed by atoms with E-state index in [9.17, 15) is 0 Å². The summed E-state index contributed by atoms with van der Waals surface area (Å²) in [4.78, 5) is 3.94. The second kappa shape index (κ2) is 7.17. The molecule has 118 valence electrons. The molecule has 1 aromatic carbocycles. The number of benzene rings is 1. The Morgan fingerprint density at radius 3 is 2.19 bits per heavy atom. The molecule has 0 saturated carbocycles. The molecule has 21 heavy (non-hydrogen) atoms. The fraction of sp³-hybridized carbons (Fsp3) is 0.667. The van der Waals surface area contributed by atoms with E-state index in [2.05, 4.69) is 68.4 Å². The Morgan fingerprint density at radius 2 is 1.71 bits per heavy atom. The lowest BCUT2D eigenvalue weighted by Gasteiger charge is -2.41. The molecule has 0 aliphatic carbocycles. The summed E-state index contributed by atoms with van der Waals surface area (Å²) < 4.78 is 0. The molecule has 0 radical (unpaired) electrons. The van der Waals surface area contributed by atoms with Gasteiger partial charge in [0, 0.05) is 35.6 Å². The number of thioether (sulfide) groups is 1. The van der Waals surface area contributed by atoms with E-state index in [1.165, 1.54) is 36.4 Å². The van der Waals surface area contributed by atoms with Crippen LogP contribution in [0.1, 0.15) is 52.1 Å². The van der Waals surface area contributed by atoms with Crippen molar-refractivity contribution in [2.45, 2.75) is 63.1 Å². The van der Waals surface area contributed by atoms with Crippen LogP contribution in [0, 0.1) is 0 Å². The Kier molecular flexibility index (Phi) is 5.75. The van der Waals surface area contributed by atoms with Crippen LogP contribution in [-0.4, -0.2) is 35.8 Å². The van der Waals surface area contributed by atoms with Gasteiger partial charge in [0.1, 0.15) is 0 Å². The summed E-state index contributed by atoms with van der Waals surface area (Å²) in [5, 5.41) is 3.81. The van der Waals surface area contributed by atoms with Gasteiger partial charge in [-0.1, -0.05) is 12.1 Å². The average molecular weight is 307 g/mol. The smallest absolute Gasteiger partial charge is 0.0294 e. The molecule has 1 aliphatic heterocycles. The highest BCUT2D eigenvalue weighted by atomic mass is 32.2. The summed E-state index contributed by atoms with van der Waals surface area (Å²) in [5.41, 5.74) is 1.70. The Bertz CT molecular complexity index is 428. The van der Waals surface area contributed by atoms with Crippen LogP contribution in [0.5, 0.6) is 0 Å². The monoisotopic (exact) mass is 306 g/mol. The largest absolute Gasteiger partial charge is 0.307 e. The van der Waals surface area contributed by atoms with Crippen molar-refractivity contribution in [3.8, 4) is 0 Å². The van der Waals surface area contributed by atoms with Gasteiger partial charge < -0.3 is 5.32 Å². The fourth-order valence-corrected chi connectivity index (χ4v) is 3.47. The number of rotatable bonds is 4. The van der Waals surface area contributed by atoms with E-state index >= 15 is 0 Å². The van der Waals surface area contributed by atoms with Gasteiger partial charge in [-0.3, -0.25) is 4.90 Å². The van der Waals surface area contributed by atoms with E-state index in [4.69, 9.17) is 0 Å². The van der Waals surface area contributed by atoms with Crippen LogP contribution < -0.4 is 5.32 Å². The first-order valence-electron chi connectivity index (χ1n) is 8.05. The molecule has 1 aromatic rings. The third-order valence-electron chi connectivity index (χ3n) is 4.55. The van der Waals surface area contributed by atoms with Gasteiger partial charge in [0.05, 0.1) is 0 Å². The van der Waals surface area contributed by atoms with Crippen molar-refractivity contribution in [2.75, 3.05) is 19.3 Å². The summed E-state index contributed by atoms with van der Waals surface area (Å²) in [7, 11) is 0. The number of nitrogens with zero attached hydrogens (tertiary/aromatic N) is 1. The van der Waals surface area contributed by atoms with Crippen molar-refractivity contribution in [2.24, 2.45) is 0 Å². The molecule has 2 rings (SSSR count). The Hall–Kier alpha value is -0.510. The molecule has 1 saturated heterocycles. The number of likely N-dealkylation sites (tertiary alicyclic amines) is 1. The molecule has 1 N–H and O–H groups in total. The molecule has 0 amide bonds. The zero-order chi connectivity index (χ0) is 15.5. The van der Waals surface area contributed by atoms with Crippen molar-refractivity contribution >= 4 is 11.8 Å². The van der Waals surface area contributed by atoms with Crippen molar-refractivity contribution in [3.05, 3.63) is 29.8 Å². The van der Waals surface area contributed by atoms with Crippen LogP contribution in [0.25, 0.3) is 0 Å². The number of hydrogen-bond donors (Lipinski definition) is 1. The second-order valence-corrected chi connectivity index (χ2v) is 7.97. The van der Waals surface area contributed by atoms with E-state index in [0.29, 0.717) is 17.6 Å². The zero-order valence-corrected chi connectivity index (χ0v) is 15.0. The Morgan fingerprint density at radius 1 is 1.14 bits per heavy atom. The van der Waals surface area contributed by atoms with Gasteiger partial charge in [0.15, 0.2) is 0 Å². The van der Waals surface area contributed by atoms with Crippen LogP contribution in [0.4, 0.5) is 0 Å². The molecule has 3 heteroatoms.